The first-order valence-electron chi connectivity index (χ1n) is 6.58. The second kappa shape index (κ2) is 7.91. The summed E-state index contributed by atoms with van der Waals surface area (Å²) in [5.41, 5.74) is 0.404. The Bertz CT molecular complexity index is 509. The lowest BCUT2D eigenvalue weighted by Crippen LogP contribution is -2.37. The second-order valence-electron chi connectivity index (χ2n) is 4.99. The van der Waals surface area contributed by atoms with Crippen LogP contribution in [0.15, 0.2) is 22.7 Å². The third-order valence-corrected chi connectivity index (χ3v) is 3.25. The van der Waals surface area contributed by atoms with Crippen LogP contribution >= 0.6 is 15.9 Å². The molecule has 0 aromatic heterocycles. The van der Waals surface area contributed by atoms with E-state index in [1.807, 2.05) is 0 Å². The molecule has 4 nitrogen and oxygen atoms in total. The monoisotopic (exact) mass is 338 g/mol. The third-order valence-electron chi connectivity index (χ3n) is 2.76. The number of amides is 1. The highest BCUT2D eigenvalue weighted by atomic mass is 79.9. The first-order chi connectivity index (χ1) is 9.43. The number of halogens is 1. The predicted molar refractivity (Wildman–Crippen MR) is 81.4 cm³/mol. The van der Waals surface area contributed by atoms with Crippen LogP contribution in [0.25, 0.3) is 0 Å². The first-order valence-corrected chi connectivity index (χ1v) is 7.37. The molecule has 108 valence electrons. The Kier molecular flexibility index (Phi) is 6.53. The topological polar surface area (TPSA) is 62.1 Å². The third kappa shape index (κ3) is 5.22. The van der Waals surface area contributed by atoms with Crippen LogP contribution in [-0.4, -0.2) is 18.6 Å². The molecular weight excluding hydrogens is 320 g/mol. The summed E-state index contributed by atoms with van der Waals surface area (Å²) < 4.78 is 6.36. The van der Waals surface area contributed by atoms with Crippen molar-refractivity contribution in [2.75, 3.05) is 6.54 Å². The molecule has 1 atom stereocenters. The number of rotatable bonds is 6. The summed E-state index contributed by atoms with van der Waals surface area (Å²) in [6, 6.07) is 7.18. The fourth-order valence-electron chi connectivity index (χ4n) is 1.56. The van der Waals surface area contributed by atoms with Gasteiger partial charge >= 0.3 is 0 Å². The van der Waals surface area contributed by atoms with Crippen LogP contribution in [0.2, 0.25) is 0 Å². The van der Waals surface area contributed by atoms with E-state index in [-0.39, 0.29) is 5.91 Å². The highest BCUT2D eigenvalue weighted by Crippen LogP contribution is 2.23. The number of carbonyl (C=O) groups excluding carboxylic acids is 1. The van der Waals surface area contributed by atoms with Crippen LogP contribution in [0.1, 0.15) is 32.8 Å². The number of nitriles is 1. The van der Waals surface area contributed by atoms with Gasteiger partial charge in [-0.05, 0) is 37.5 Å². The van der Waals surface area contributed by atoms with Crippen molar-refractivity contribution in [3.05, 3.63) is 28.2 Å². The number of hydrogen-bond donors (Lipinski definition) is 1. The zero-order valence-electron chi connectivity index (χ0n) is 11.9. The van der Waals surface area contributed by atoms with Gasteiger partial charge in [-0.15, -0.1) is 0 Å². The van der Waals surface area contributed by atoms with Gasteiger partial charge in [-0.1, -0.05) is 29.8 Å². The van der Waals surface area contributed by atoms with Crippen molar-refractivity contribution in [3.8, 4) is 11.8 Å². The fraction of sp³-hybridized carbons (Fsp3) is 0.467. The summed E-state index contributed by atoms with van der Waals surface area (Å²) in [4.78, 5) is 11.9. The Labute approximate surface area is 128 Å². The first kappa shape index (κ1) is 16.5. The van der Waals surface area contributed by atoms with Gasteiger partial charge in [-0.2, -0.15) is 5.26 Å². The van der Waals surface area contributed by atoms with Crippen LogP contribution in [-0.2, 0) is 4.79 Å². The van der Waals surface area contributed by atoms with Crippen LogP contribution in [0.5, 0.6) is 5.75 Å². The molecule has 0 fully saturated rings. The summed E-state index contributed by atoms with van der Waals surface area (Å²) in [7, 11) is 0. The van der Waals surface area contributed by atoms with E-state index in [1.54, 1.807) is 25.1 Å². The van der Waals surface area contributed by atoms with Crippen molar-refractivity contribution in [2.24, 2.45) is 5.92 Å². The Hall–Kier alpha value is -1.54. The molecule has 0 radical (unpaired) electrons. The molecule has 1 unspecified atom stereocenters. The van der Waals surface area contributed by atoms with Gasteiger partial charge in [-0.25, -0.2) is 0 Å². The number of hydrogen-bond acceptors (Lipinski definition) is 3. The van der Waals surface area contributed by atoms with E-state index in [1.165, 1.54) is 0 Å². The van der Waals surface area contributed by atoms with Crippen molar-refractivity contribution < 1.29 is 9.53 Å². The standard InChI is InChI=1S/C15H19BrN2O2/c1-10(2)6-7-18-15(19)11(3)20-14-5-4-13(16)8-12(14)9-17/h4-5,8,10-11H,6-7H2,1-3H3,(H,18,19). The molecule has 1 amide bonds. The zero-order chi connectivity index (χ0) is 15.1. The highest BCUT2D eigenvalue weighted by Gasteiger charge is 2.16. The predicted octanol–water partition coefficient (Wildman–Crippen LogP) is 3.25. The largest absolute Gasteiger partial charge is 0.480 e. The number of nitrogens with one attached hydrogen (secondary N) is 1. The molecule has 1 rings (SSSR count). The second-order valence-corrected chi connectivity index (χ2v) is 5.90. The van der Waals surface area contributed by atoms with Gasteiger partial charge in [0.2, 0.25) is 0 Å². The number of benzene rings is 1. The van der Waals surface area contributed by atoms with Gasteiger partial charge in [0.25, 0.3) is 5.91 Å². The maximum atomic E-state index is 11.9. The molecule has 0 aliphatic heterocycles. The zero-order valence-corrected chi connectivity index (χ0v) is 13.5. The van der Waals surface area contributed by atoms with Gasteiger partial charge in [-0.3, -0.25) is 4.79 Å². The normalized spacial score (nSPS) is 11.8. The molecule has 5 heteroatoms. The molecule has 0 saturated heterocycles. The van der Waals surface area contributed by atoms with Gasteiger partial charge in [0.15, 0.2) is 6.10 Å². The number of nitrogens with zero attached hydrogens (tertiary/aromatic N) is 1. The Morgan fingerprint density at radius 1 is 1.45 bits per heavy atom. The number of ether oxygens (including phenoxy) is 1. The molecule has 20 heavy (non-hydrogen) atoms. The molecule has 0 saturated carbocycles. The summed E-state index contributed by atoms with van der Waals surface area (Å²) in [6.45, 7) is 6.52. The van der Waals surface area contributed by atoms with Crippen molar-refractivity contribution in [1.82, 2.24) is 5.32 Å². The van der Waals surface area contributed by atoms with E-state index in [9.17, 15) is 4.79 Å². The quantitative estimate of drug-likeness (QED) is 0.865. The van der Waals surface area contributed by atoms with E-state index in [0.29, 0.717) is 23.8 Å². The lowest BCUT2D eigenvalue weighted by Gasteiger charge is -2.16. The molecule has 0 aliphatic rings. The maximum Gasteiger partial charge on any atom is 0.260 e. The van der Waals surface area contributed by atoms with Crippen LogP contribution < -0.4 is 10.1 Å². The van der Waals surface area contributed by atoms with Crippen molar-refractivity contribution in [2.45, 2.75) is 33.3 Å². The van der Waals surface area contributed by atoms with E-state index < -0.39 is 6.10 Å². The molecule has 0 aliphatic carbocycles. The molecule has 0 spiro atoms. The van der Waals surface area contributed by atoms with Gasteiger partial charge < -0.3 is 10.1 Å². The lowest BCUT2D eigenvalue weighted by atomic mass is 10.1. The highest BCUT2D eigenvalue weighted by molar-refractivity contribution is 9.10. The van der Waals surface area contributed by atoms with Crippen molar-refractivity contribution in [3.63, 3.8) is 0 Å². The summed E-state index contributed by atoms with van der Waals surface area (Å²) in [5, 5.41) is 11.9. The van der Waals surface area contributed by atoms with E-state index in [4.69, 9.17) is 10.00 Å². The Balaban J connectivity index is 2.60. The summed E-state index contributed by atoms with van der Waals surface area (Å²) in [6.07, 6.45) is 0.302. The molecule has 0 heterocycles. The van der Waals surface area contributed by atoms with Crippen molar-refractivity contribution >= 4 is 21.8 Å². The van der Waals surface area contributed by atoms with E-state index in [2.05, 4.69) is 41.2 Å². The van der Waals surface area contributed by atoms with E-state index in [0.717, 1.165) is 10.9 Å². The van der Waals surface area contributed by atoms with Crippen LogP contribution in [0, 0.1) is 17.2 Å². The fourth-order valence-corrected chi connectivity index (χ4v) is 1.93. The average Bonchev–Trinajstić information content (AvgIpc) is 2.40. The summed E-state index contributed by atoms with van der Waals surface area (Å²) in [5.74, 6) is 0.794. The van der Waals surface area contributed by atoms with Crippen LogP contribution in [0.4, 0.5) is 0 Å². The molecule has 1 aromatic rings. The number of carbonyl (C=O) groups is 1. The molecule has 1 aromatic carbocycles. The molecular formula is C15H19BrN2O2. The van der Waals surface area contributed by atoms with Gasteiger partial charge in [0.05, 0.1) is 5.56 Å². The SMILES string of the molecule is CC(C)CCNC(=O)C(C)Oc1ccc(Br)cc1C#N. The smallest absolute Gasteiger partial charge is 0.260 e. The Morgan fingerprint density at radius 2 is 2.15 bits per heavy atom. The van der Waals surface area contributed by atoms with E-state index >= 15 is 0 Å². The maximum absolute atomic E-state index is 11.9. The minimum Gasteiger partial charge on any atom is -0.480 e. The van der Waals surface area contributed by atoms with Crippen LogP contribution in [0.3, 0.4) is 0 Å². The summed E-state index contributed by atoms with van der Waals surface area (Å²) >= 11 is 3.29. The Morgan fingerprint density at radius 3 is 2.75 bits per heavy atom. The van der Waals surface area contributed by atoms with Crippen molar-refractivity contribution in [1.29, 1.82) is 5.26 Å². The lowest BCUT2D eigenvalue weighted by molar-refractivity contribution is -0.127. The van der Waals surface area contributed by atoms with Gasteiger partial charge in [0, 0.05) is 11.0 Å². The average molecular weight is 339 g/mol. The minimum absolute atomic E-state index is 0.169. The molecule has 0 bridgehead atoms. The minimum atomic E-state index is -0.629. The molecule has 1 N–H and O–H groups in total. The van der Waals surface area contributed by atoms with Gasteiger partial charge in [0.1, 0.15) is 11.8 Å².